The minimum Gasteiger partial charge on any atom is -0.341 e. The van der Waals surface area contributed by atoms with Crippen LogP contribution in [0.2, 0.25) is 0 Å². The third-order valence-corrected chi connectivity index (χ3v) is 3.40. The molecule has 0 bridgehead atoms. The van der Waals surface area contributed by atoms with E-state index in [1.807, 2.05) is 5.38 Å². The van der Waals surface area contributed by atoms with Crippen LogP contribution in [0.1, 0.15) is 42.5 Å². The number of hydrogen-bond acceptors (Lipinski definition) is 2. The second-order valence-electron chi connectivity index (χ2n) is 4.32. The number of nitrogens with one attached hydrogen (secondary N) is 1. The maximum atomic E-state index is 12.2. The van der Waals surface area contributed by atoms with Crippen LogP contribution in [0.5, 0.6) is 0 Å². The Morgan fingerprint density at radius 3 is 2.53 bits per heavy atom. The third kappa shape index (κ3) is 6.35. The third-order valence-electron chi connectivity index (χ3n) is 2.72. The molecule has 0 aliphatic heterocycles. The van der Waals surface area contributed by atoms with Crippen molar-refractivity contribution in [3.63, 3.8) is 0 Å². The van der Waals surface area contributed by atoms with Crippen molar-refractivity contribution in [2.24, 2.45) is 0 Å². The van der Waals surface area contributed by atoms with Gasteiger partial charge in [-0.05, 0) is 24.3 Å². The molecule has 19 heavy (non-hydrogen) atoms. The molecule has 5 heteroatoms. The fourth-order valence-corrected chi connectivity index (χ4v) is 2.33. The summed E-state index contributed by atoms with van der Waals surface area (Å²) in [4.78, 5) is 11.1. The normalized spacial score (nSPS) is 16.7. The monoisotopic (exact) mass is 285 g/mol. The van der Waals surface area contributed by atoms with Gasteiger partial charge in [-0.2, -0.15) is 11.3 Å². The zero-order chi connectivity index (χ0) is 14.1. The van der Waals surface area contributed by atoms with E-state index in [4.69, 9.17) is 6.42 Å². The number of terminal acetylenes is 1. The van der Waals surface area contributed by atoms with Gasteiger partial charge in [0, 0.05) is 18.2 Å². The Morgan fingerprint density at radius 1 is 1.42 bits per heavy atom. The molecule has 2 rings (SSSR count). The van der Waals surface area contributed by atoms with Crippen LogP contribution < -0.4 is 5.32 Å². The first-order valence-corrected chi connectivity index (χ1v) is 7.11. The van der Waals surface area contributed by atoms with Crippen LogP contribution in [0, 0.1) is 12.3 Å². The van der Waals surface area contributed by atoms with Crippen LogP contribution >= 0.6 is 11.3 Å². The Bertz CT molecular complexity index is 415. The topological polar surface area (TPSA) is 29.1 Å². The second kappa shape index (κ2) is 7.90. The first-order chi connectivity index (χ1) is 9.05. The molecule has 0 saturated heterocycles. The number of thiophene rings is 1. The largest absolute Gasteiger partial charge is 0.341 e. The Kier molecular flexibility index (Phi) is 6.51. The molecule has 2 nitrogen and oxygen atoms in total. The predicted octanol–water partition coefficient (Wildman–Crippen LogP) is 3.70. The van der Waals surface area contributed by atoms with Crippen molar-refractivity contribution in [1.82, 2.24) is 5.32 Å². The average Bonchev–Trinajstić information content (AvgIpc) is 2.90. The van der Waals surface area contributed by atoms with Crippen LogP contribution in [-0.2, 0) is 0 Å². The van der Waals surface area contributed by atoms with E-state index in [0.29, 0.717) is 18.4 Å². The van der Waals surface area contributed by atoms with Crippen molar-refractivity contribution in [2.75, 3.05) is 6.54 Å². The second-order valence-corrected chi connectivity index (χ2v) is 5.10. The van der Waals surface area contributed by atoms with Gasteiger partial charge in [0.25, 0.3) is 5.91 Å². The molecule has 0 atom stereocenters. The summed E-state index contributed by atoms with van der Waals surface area (Å²) in [5.74, 6) is -0.0964. The zero-order valence-electron chi connectivity index (χ0n) is 10.6. The zero-order valence-corrected chi connectivity index (χ0v) is 11.4. The highest BCUT2D eigenvalue weighted by Crippen LogP contribution is 2.32. The first-order valence-electron chi connectivity index (χ1n) is 6.17. The van der Waals surface area contributed by atoms with Crippen molar-refractivity contribution in [3.8, 4) is 12.3 Å². The summed E-state index contributed by atoms with van der Waals surface area (Å²) >= 11 is 1.49. The van der Waals surface area contributed by atoms with Crippen LogP contribution in [0.4, 0.5) is 8.78 Å². The van der Waals surface area contributed by atoms with Crippen LogP contribution in [0.3, 0.4) is 0 Å². The van der Waals surface area contributed by atoms with Crippen molar-refractivity contribution in [3.05, 3.63) is 22.4 Å². The van der Waals surface area contributed by atoms with E-state index in [1.165, 1.54) is 11.3 Å². The summed E-state index contributed by atoms with van der Waals surface area (Å²) < 4.78 is 24.4. The Hall–Kier alpha value is -1.41. The van der Waals surface area contributed by atoms with Gasteiger partial charge in [-0.15, -0.1) is 6.42 Å². The molecule has 0 aromatic carbocycles. The van der Waals surface area contributed by atoms with Crippen LogP contribution in [0.25, 0.3) is 0 Å². The van der Waals surface area contributed by atoms with Crippen molar-refractivity contribution < 1.29 is 13.6 Å². The van der Waals surface area contributed by atoms with Gasteiger partial charge in [0.05, 0.1) is 12.1 Å². The average molecular weight is 285 g/mol. The maximum Gasteiger partial charge on any atom is 0.252 e. The lowest BCUT2D eigenvalue weighted by Gasteiger charge is -2.20. The minimum atomic E-state index is -2.32. The van der Waals surface area contributed by atoms with Gasteiger partial charge in [-0.3, -0.25) is 4.79 Å². The van der Waals surface area contributed by atoms with Gasteiger partial charge in [0.1, 0.15) is 0 Å². The summed E-state index contributed by atoms with van der Waals surface area (Å²) in [7, 11) is 0. The number of amides is 1. The highest BCUT2D eigenvalue weighted by Gasteiger charge is 2.30. The number of rotatable bonds is 2. The molecule has 0 spiro atoms. The van der Waals surface area contributed by atoms with Gasteiger partial charge >= 0.3 is 0 Å². The molecule has 1 fully saturated rings. The molecule has 1 aliphatic rings. The summed E-state index contributed by atoms with van der Waals surface area (Å²) in [5, 5.41) is 6.20. The molecule has 1 amide bonds. The fourth-order valence-electron chi connectivity index (χ4n) is 1.70. The highest BCUT2D eigenvalue weighted by molar-refractivity contribution is 7.08. The number of hydrogen-bond donors (Lipinski definition) is 1. The van der Waals surface area contributed by atoms with Crippen LogP contribution in [-0.4, -0.2) is 18.4 Å². The van der Waals surface area contributed by atoms with E-state index in [9.17, 15) is 13.6 Å². The molecule has 1 N–H and O–H groups in total. The molecule has 1 aliphatic carbocycles. The predicted molar refractivity (Wildman–Crippen MR) is 73.5 cm³/mol. The summed E-state index contributed by atoms with van der Waals surface area (Å²) in [6.45, 7) is 0.286. The van der Waals surface area contributed by atoms with E-state index >= 15 is 0 Å². The molecule has 1 heterocycles. The lowest BCUT2D eigenvalue weighted by molar-refractivity contribution is -0.0337. The van der Waals surface area contributed by atoms with E-state index in [1.54, 1.807) is 11.4 Å². The molecular formula is C14H17F2NOS. The highest BCUT2D eigenvalue weighted by atomic mass is 32.1. The molecule has 0 unspecified atom stereocenters. The Balaban J connectivity index is 0.000000200. The molecule has 104 valence electrons. The number of alkyl halides is 2. The number of carbonyl (C=O) groups is 1. The van der Waals surface area contributed by atoms with E-state index < -0.39 is 5.92 Å². The SMILES string of the molecule is C#CCNC(=O)c1ccsc1.FC1(F)CCCCC1. The molecule has 1 aromatic heterocycles. The molecular weight excluding hydrogens is 268 g/mol. The summed E-state index contributed by atoms with van der Waals surface area (Å²) in [6.07, 6.45) is 7.63. The van der Waals surface area contributed by atoms with Gasteiger partial charge in [0.2, 0.25) is 5.92 Å². The quantitative estimate of drug-likeness (QED) is 0.825. The first kappa shape index (κ1) is 15.6. The minimum absolute atomic E-state index is 0.107. The molecule has 1 aromatic rings. The smallest absolute Gasteiger partial charge is 0.252 e. The Morgan fingerprint density at radius 2 is 2.11 bits per heavy atom. The lowest BCUT2D eigenvalue weighted by atomic mass is 9.97. The molecule has 1 saturated carbocycles. The Labute approximate surface area is 116 Å². The van der Waals surface area contributed by atoms with Gasteiger partial charge in [-0.1, -0.05) is 12.3 Å². The number of carbonyl (C=O) groups excluding carboxylic acids is 1. The van der Waals surface area contributed by atoms with E-state index in [0.717, 1.165) is 6.42 Å². The molecule has 0 radical (unpaired) electrons. The fraction of sp³-hybridized carbons (Fsp3) is 0.500. The lowest BCUT2D eigenvalue weighted by Crippen LogP contribution is -2.22. The summed E-state index contributed by atoms with van der Waals surface area (Å²) in [6, 6.07) is 1.76. The summed E-state index contributed by atoms with van der Waals surface area (Å²) in [5.41, 5.74) is 0.672. The van der Waals surface area contributed by atoms with E-state index in [2.05, 4.69) is 11.2 Å². The van der Waals surface area contributed by atoms with Crippen LogP contribution in [0.15, 0.2) is 16.8 Å². The van der Waals surface area contributed by atoms with Crippen molar-refractivity contribution in [2.45, 2.75) is 38.0 Å². The van der Waals surface area contributed by atoms with Crippen molar-refractivity contribution >= 4 is 17.2 Å². The maximum absolute atomic E-state index is 12.2. The van der Waals surface area contributed by atoms with Gasteiger partial charge in [-0.25, -0.2) is 8.78 Å². The van der Waals surface area contributed by atoms with Crippen molar-refractivity contribution in [1.29, 1.82) is 0 Å². The number of halogens is 2. The van der Waals surface area contributed by atoms with Gasteiger partial charge < -0.3 is 5.32 Å². The standard InChI is InChI=1S/C8H7NOS.C6H10F2/c1-2-4-9-8(10)7-3-5-11-6-7;7-6(8)4-2-1-3-5-6/h1,3,5-6H,4H2,(H,9,10);1-5H2. The van der Waals surface area contributed by atoms with Gasteiger partial charge in [0.15, 0.2) is 0 Å². The van der Waals surface area contributed by atoms with E-state index in [-0.39, 0.29) is 25.3 Å².